The fourth-order valence-corrected chi connectivity index (χ4v) is 3.60. The van der Waals surface area contributed by atoms with Crippen LogP contribution in [0.3, 0.4) is 0 Å². The molecule has 3 heterocycles. The Hall–Kier alpha value is -3.63. The number of hydrogen-bond donors (Lipinski definition) is 3. The van der Waals surface area contributed by atoms with E-state index in [1.54, 1.807) is 0 Å². The summed E-state index contributed by atoms with van der Waals surface area (Å²) in [5, 5.41) is 26.4. The van der Waals surface area contributed by atoms with E-state index in [-0.39, 0.29) is 0 Å². The van der Waals surface area contributed by atoms with Gasteiger partial charge in [0, 0.05) is 51.1 Å². The van der Waals surface area contributed by atoms with Crippen molar-refractivity contribution in [2.75, 3.05) is 44.2 Å². The van der Waals surface area contributed by atoms with Gasteiger partial charge >= 0.3 is 11.9 Å². The van der Waals surface area contributed by atoms with Crippen LogP contribution in [-0.4, -0.2) is 88.2 Å². The largest absolute Gasteiger partial charge is 0.485 e. The van der Waals surface area contributed by atoms with Crippen molar-refractivity contribution in [3.05, 3.63) is 60.8 Å². The fraction of sp³-hybridized carbons (Fsp3) is 0.375. The third-order valence-electron chi connectivity index (χ3n) is 5.56. The molecule has 34 heavy (non-hydrogen) atoms. The number of aliphatic hydroxyl groups is 1. The number of benzene rings is 1. The van der Waals surface area contributed by atoms with Gasteiger partial charge in [-0.1, -0.05) is 18.2 Å². The number of β-amino-alcohol motifs (C(OH)–C–C–N with tert-alkyl or cyclic N) is 1. The fourth-order valence-electron chi connectivity index (χ4n) is 3.60. The molecule has 3 N–H and O–H groups in total. The van der Waals surface area contributed by atoms with Gasteiger partial charge in [0.05, 0.1) is 0 Å². The monoisotopic (exact) mass is 471 g/mol. The zero-order valence-electron chi connectivity index (χ0n) is 18.9. The second-order valence-corrected chi connectivity index (χ2v) is 8.15. The van der Waals surface area contributed by atoms with Gasteiger partial charge in [0.1, 0.15) is 18.5 Å². The van der Waals surface area contributed by atoms with Crippen molar-refractivity contribution >= 4 is 17.8 Å². The van der Waals surface area contributed by atoms with Crippen molar-refractivity contribution in [1.82, 2.24) is 9.88 Å². The molecule has 0 saturated carbocycles. The highest BCUT2D eigenvalue weighted by molar-refractivity contribution is 5.89. The van der Waals surface area contributed by atoms with E-state index in [0.717, 1.165) is 37.7 Å². The van der Waals surface area contributed by atoms with E-state index in [0.29, 0.717) is 31.1 Å². The lowest BCUT2D eigenvalue weighted by Crippen LogP contribution is -2.57. The predicted octanol–water partition coefficient (Wildman–Crippen LogP) is 1.51. The molecule has 0 bridgehead atoms. The maximum Gasteiger partial charge on any atom is 0.328 e. The number of para-hydroxylation sites is 2. The molecule has 0 aliphatic carbocycles. The summed E-state index contributed by atoms with van der Waals surface area (Å²) in [6.07, 6.45) is 2.31. The van der Waals surface area contributed by atoms with Crippen LogP contribution < -0.4 is 14.4 Å². The molecule has 2 atom stereocenters. The number of hydrogen-bond acceptors (Lipinski definition) is 8. The molecule has 1 fully saturated rings. The first-order valence-electron chi connectivity index (χ1n) is 10.9. The van der Waals surface area contributed by atoms with Crippen LogP contribution in [0.5, 0.6) is 11.5 Å². The number of carboxylic acid groups (broad SMARTS) is 2. The van der Waals surface area contributed by atoms with E-state index in [4.69, 9.17) is 19.7 Å². The molecular formula is C24H29N3O7. The molecule has 10 heteroatoms. The van der Waals surface area contributed by atoms with Crippen LogP contribution in [0.1, 0.15) is 6.92 Å². The van der Waals surface area contributed by atoms with Crippen LogP contribution in [0.15, 0.2) is 60.8 Å². The van der Waals surface area contributed by atoms with Gasteiger partial charge in [0.15, 0.2) is 17.1 Å². The Morgan fingerprint density at radius 3 is 2.24 bits per heavy atom. The van der Waals surface area contributed by atoms with E-state index in [1.165, 1.54) is 0 Å². The molecule has 2 aromatic rings. The van der Waals surface area contributed by atoms with Crippen molar-refractivity contribution < 1.29 is 34.4 Å². The molecule has 0 amide bonds. The highest BCUT2D eigenvalue weighted by Gasteiger charge is 2.41. The number of pyridine rings is 1. The van der Waals surface area contributed by atoms with Crippen molar-refractivity contribution in [3.63, 3.8) is 0 Å². The minimum atomic E-state index is -1.26. The lowest BCUT2D eigenvalue weighted by atomic mass is 9.97. The van der Waals surface area contributed by atoms with E-state index in [9.17, 15) is 14.7 Å². The quantitative estimate of drug-likeness (QED) is 0.533. The third kappa shape index (κ3) is 6.93. The second kappa shape index (κ2) is 11.5. The van der Waals surface area contributed by atoms with E-state index in [2.05, 4.69) is 14.8 Å². The number of aliphatic hydroxyl groups excluding tert-OH is 1. The molecule has 10 nitrogen and oxygen atoms in total. The number of nitrogens with zero attached hydrogens (tertiary/aromatic N) is 3. The van der Waals surface area contributed by atoms with E-state index in [1.807, 2.05) is 55.6 Å². The Morgan fingerprint density at radius 2 is 1.65 bits per heavy atom. The Kier molecular flexibility index (Phi) is 8.44. The Balaban J connectivity index is 0.000000350. The molecule has 4 rings (SSSR count). The predicted molar refractivity (Wildman–Crippen MR) is 124 cm³/mol. The SMILES string of the molecule is CC1(C(O)CN2CCN(c3ccccn3)CC2)COc2ccccc2O1.O=C(O)C=CC(=O)O. The number of aromatic nitrogens is 1. The van der Waals surface area contributed by atoms with Crippen molar-refractivity contribution in [2.45, 2.75) is 18.6 Å². The first-order valence-corrected chi connectivity index (χ1v) is 10.9. The first kappa shape index (κ1) is 25.0. The van der Waals surface area contributed by atoms with Gasteiger partial charge in [-0.15, -0.1) is 0 Å². The van der Waals surface area contributed by atoms with Crippen LogP contribution >= 0.6 is 0 Å². The van der Waals surface area contributed by atoms with Gasteiger partial charge in [0.2, 0.25) is 0 Å². The zero-order valence-corrected chi connectivity index (χ0v) is 18.9. The average Bonchev–Trinajstić information content (AvgIpc) is 2.84. The van der Waals surface area contributed by atoms with Crippen LogP contribution in [0, 0.1) is 0 Å². The van der Waals surface area contributed by atoms with Crippen LogP contribution in [0.25, 0.3) is 0 Å². The smallest absolute Gasteiger partial charge is 0.328 e. The Labute approximate surface area is 197 Å². The summed E-state index contributed by atoms with van der Waals surface area (Å²) in [6, 6.07) is 13.6. The molecule has 1 saturated heterocycles. The number of carbonyl (C=O) groups is 2. The zero-order chi connectivity index (χ0) is 24.6. The van der Waals surface area contributed by atoms with Crippen molar-refractivity contribution in [1.29, 1.82) is 0 Å². The van der Waals surface area contributed by atoms with Gasteiger partial charge in [-0.3, -0.25) is 4.90 Å². The normalized spacial score (nSPS) is 20.8. The lowest BCUT2D eigenvalue weighted by molar-refractivity contribution is -0.134. The van der Waals surface area contributed by atoms with Gasteiger partial charge < -0.3 is 29.7 Å². The number of rotatable bonds is 6. The van der Waals surface area contributed by atoms with Crippen LogP contribution in [0.4, 0.5) is 5.82 Å². The van der Waals surface area contributed by atoms with Crippen LogP contribution in [0.2, 0.25) is 0 Å². The molecule has 2 aliphatic rings. The van der Waals surface area contributed by atoms with Crippen molar-refractivity contribution in [2.24, 2.45) is 0 Å². The standard InChI is InChI=1S/C20H25N3O3.C4H4O4/c1-20(15-25-16-6-2-3-7-17(16)26-20)18(24)14-22-10-12-23(13-11-22)19-8-4-5-9-21-19;5-3(6)1-2-4(7)8/h2-9,18,24H,10-15H2,1H3;1-2H,(H,5,6)(H,7,8). The topological polar surface area (TPSA) is 133 Å². The summed E-state index contributed by atoms with van der Waals surface area (Å²) in [4.78, 5) is 28.1. The number of aliphatic carboxylic acids is 2. The minimum absolute atomic E-state index is 0.346. The maximum atomic E-state index is 10.8. The van der Waals surface area contributed by atoms with E-state index >= 15 is 0 Å². The molecule has 0 radical (unpaired) electrons. The summed E-state index contributed by atoms with van der Waals surface area (Å²) in [5.74, 6) is -0.0681. The molecule has 2 aliphatic heterocycles. The molecule has 2 unspecified atom stereocenters. The highest BCUT2D eigenvalue weighted by atomic mass is 16.6. The number of anilines is 1. The average molecular weight is 472 g/mol. The summed E-state index contributed by atoms with van der Waals surface area (Å²) >= 11 is 0. The first-order chi connectivity index (χ1) is 16.3. The van der Waals surface area contributed by atoms with Crippen molar-refractivity contribution in [3.8, 4) is 11.5 Å². The van der Waals surface area contributed by atoms with Crippen LogP contribution in [-0.2, 0) is 9.59 Å². The van der Waals surface area contributed by atoms with E-state index < -0.39 is 23.6 Å². The lowest BCUT2D eigenvalue weighted by Gasteiger charge is -2.42. The third-order valence-corrected chi connectivity index (χ3v) is 5.56. The highest BCUT2D eigenvalue weighted by Crippen LogP contribution is 2.36. The maximum absolute atomic E-state index is 10.8. The minimum Gasteiger partial charge on any atom is -0.485 e. The van der Waals surface area contributed by atoms with Gasteiger partial charge in [-0.2, -0.15) is 0 Å². The number of fused-ring (bicyclic) bond motifs is 1. The summed E-state index contributed by atoms with van der Waals surface area (Å²) < 4.78 is 11.9. The molecular weight excluding hydrogens is 442 g/mol. The summed E-state index contributed by atoms with van der Waals surface area (Å²) in [5.41, 5.74) is -0.744. The summed E-state index contributed by atoms with van der Waals surface area (Å²) in [6.45, 7) is 6.42. The van der Waals surface area contributed by atoms with Gasteiger partial charge in [-0.25, -0.2) is 14.6 Å². The Bertz CT molecular complexity index is 977. The van der Waals surface area contributed by atoms with Gasteiger partial charge in [-0.05, 0) is 31.2 Å². The molecule has 1 aromatic heterocycles. The van der Waals surface area contributed by atoms with Gasteiger partial charge in [0.25, 0.3) is 0 Å². The molecule has 0 spiro atoms. The number of carboxylic acids is 2. The molecule has 182 valence electrons. The number of piperazine rings is 1. The number of ether oxygens (including phenoxy) is 2. The molecule has 1 aromatic carbocycles. The summed E-state index contributed by atoms with van der Waals surface area (Å²) in [7, 11) is 0. The second-order valence-electron chi connectivity index (χ2n) is 8.15. The Morgan fingerprint density at radius 1 is 1.03 bits per heavy atom.